The summed E-state index contributed by atoms with van der Waals surface area (Å²) in [6.45, 7) is 7.65. The minimum Gasteiger partial charge on any atom is -0.343 e. The molecule has 2 rings (SSSR count). The van der Waals surface area contributed by atoms with Crippen LogP contribution >= 0.6 is 0 Å². The molecule has 0 aliphatic carbocycles. The zero-order valence-electron chi connectivity index (χ0n) is 11.8. The lowest BCUT2D eigenvalue weighted by Crippen LogP contribution is -2.62. The first kappa shape index (κ1) is 13.6. The van der Waals surface area contributed by atoms with Gasteiger partial charge in [0.1, 0.15) is 12.1 Å². The van der Waals surface area contributed by atoms with E-state index in [0.29, 0.717) is 5.92 Å². The highest BCUT2D eigenvalue weighted by molar-refractivity contribution is 6.08. The Kier molecular flexibility index (Phi) is 3.60. The minimum atomic E-state index is -0.469. The van der Waals surface area contributed by atoms with Crippen molar-refractivity contribution in [3.8, 4) is 0 Å². The van der Waals surface area contributed by atoms with E-state index in [2.05, 4.69) is 19.2 Å². The summed E-state index contributed by atoms with van der Waals surface area (Å²) in [5.74, 6) is 0.141. The number of carbonyl (C=O) groups excluding carboxylic acids is 2. The zero-order chi connectivity index (χ0) is 14.2. The van der Waals surface area contributed by atoms with Gasteiger partial charge in [-0.3, -0.25) is 14.5 Å². The summed E-state index contributed by atoms with van der Waals surface area (Å²) >= 11 is 0. The topological polar surface area (TPSA) is 49.4 Å². The fourth-order valence-electron chi connectivity index (χ4n) is 2.43. The summed E-state index contributed by atoms with van der Waals surface area (Å²) in [7, 11) is 0. The predicted molar refractivity (Wildman–Crippen MR) is 75.1 cm³/mol. The molecule has 1 heterocycles. The Morgan fingerprint density at radius 1 is 1.16 bits per heavy atom. The van der Waals surface area contributed by atoms with Crippen molar-refractivity contribution < 1.29 is 9.59 Å². The number of hydrogen-bond donors (Lipinski definition) is 1. The van der Waals surface area contributed by atoms with Crippen LogP contribution in [0, 0.1) is 0 Å². The lowest BCUT2D eigenvalue weighted by atomic mass is 9.98. The number of amides is 2. The molecule has 0 spiro atoms. The van der Waals surface area contributed by atoms with Crippen LogP contribution in [0.1, 0.15) is 39.2 Å². The number of nitrogens with one attached hydrogen (secondary N) is 1. The number of anilines is 1. The van der Waals surface area contributed by atoms with E-state index in [0.717, 1.165) is 11.3 Å². The SMILES string of the molecule is CC1NC(=O)C(C)N(c2ccccc2C(C)C)C1=O. The van der Waals surface area contributed by atoms with Crippen LogP contribution in [-0.4, -0.2) is 23.9 Å². The molecule has 0 aromatic heterocycles. The van der Waals surface area contributed by atoms with Gasteiger partial charge in [0.2, 0.25) is 11.8 Å². The Bertz CT molecular complexity index is 511. The predicted octanol–water partition coefficient (Wildman–Crippen LogP) is 2.05. The normalized spacial score (nSPS) is 23.7. The Balaban J connectivity index is 2.49. The maximum atomic E-state index is 12.4. The molecule has 1 aliphatic rings. The number of carbonyl (C=O) groups is 2. The van der Waals surface area contributed by atoms with Crippen LogP contribution in [-0.2, 0) is 9.59 Å². The van der Waals surface area contributed by atoms with Crippen LogP contribution in [0.15, 0.2) is 24.3 Å². The molecular weight excluding hydrogens is 240 g/mol. The van der Waals surface area contributed by atoms with Crippen LogP contribution in [0.3, 0.4) is 0 Å². The molecule has 1 fully saturated rings. The Morgan fingerprint density at radius 2 is 1.79 bits per heavy atom. The minimum absolute atomic E-state index is 0.0554. The van der Waals surface area contributed by atoms with Gasteiger partial charge in [-0.25, -0.2) is 0 Å². The zero-order valence-corrected chi connectivity index (χ0v) is 11.8. The molecule has 2 atom stereocenters. The van der Waals surface area contributed by atoms with Crippen molar-refractivity contribution in [2.24, 2.45) is 0 Å². The Labute approximate surface area is 113 Å². The van der Waals surface area contributed by atoms with E-state index in [1.54, 1.807) is 18.7 Å². The maximum absolute atomic E-state index is 12.4. The number of para-hydroxylation sites is 1. The second kappa shape index (κ2) is 5.03. The number of benzene rings is 1. The van der Waals surface area contributed by atoms with E-state index in [9.17, 15) is 9.59 Å². The van der Waals surface area contributed by atoms with Gasteiger partial charge < -0.3 is 5.32 Å². The first-order valence-electron chi connectivity index (χ1n) is 6.66. The van der Waals surface area contributed by atoms with Crippen molar-refractivity contribution in [3.63, 3.8) is 0 Å². The van der Waals surface area contributed by atoms with Crippen molar-refractivity contribution in [3.05, 3.63) is 29.8 Å². The van der Waals surface area contributed by atoms with Gasteiger partial charge in [-0.05, 0) is 31.4 Å². The fraction of sp³-hybridized carbons (Fsp3) is 0.467. The Morgan fingerprint density at radius 3 is 2.42 bits per heavy atom. The second-order valence-corrected chi connectivity index (χ2v) is 5.33. The smallest absolute Gasteiger partial charge is 0.250 e. The van der Waals surface area contributed by atoms with Crippen LogP contribution in [0.2, 0.25) is 0 Å². The average Bonchev–Trinajstić information content (AvgIpc) is 2.37. The van der Waals surface area contributed by atoms with Gasteiger partial charge in [-0.15, -0.1) is 0 Å². The fourth-order valence-corrected chi connectivity index (χ4v) is 2.43. The summed E-state index contributed by atoms with van der Waals surface area (Å²) in [5.41, 5.74) is 1.93. The molecule has 4 nitrogen and oxygen atoms in total. The third kappa shape index (κ3) is 2.35. The van der Waals surface area contributed by atoms with E-state index >= 15 is 0 Å². The maximum Gasteiger partial charge on any atom is 0.250 e. The first-order chi connectivity index (χ1) is 8.93. The van der Waals surface area contributed by atoms with E-state index in [1.807, 2.05) is 24.3 Å². The molecular formula is C15H20N2O2. The lowest BCUT2D eigenvalue weighted by molar-refractivity contribution is -0.133. The highest BCUT2D eigenvalue weighted by atomic mass is 16.2. The molecule has 2 unspecified atom stereocenters. The van der Waals surface area contributed by atoms with E-state index < -0.39 is 12.1 Å². The largest absolute Gasteiger partial charge is 0.343 e. The monoisotopic (exact) mass is 260 g/mol. The van der Waals surface area contributed by atoms with Crippen molar-refractivity contribution in [1.82, 2.24) is 5.32 Å². The van der Waals surface area contributed by atoms with Crippen LogP contribution in [0.4, 0.5) is 5.69 Å². The molecule has 4 heteroatoms. The summed E-state index contributed by atoms with van der Waals surface area (Å²) < 4.78 is 0. The Hall–Kier alpha value is -1.84. The molecule has 19 heavy (non-hydrogen) atoms. The van der Waals surface area contributed by atoms with Gasteiger partial charge in [-0.1, -0.05) is 32.0 Å². The van der Waals surface area contributed by atoms with Crippen LogP contribution < -0.4 is 10.2 Å². The molecule has 0 radical (unpaired) electrons. The first-order valence-corrected chi connectivity index (χ1v) is 6.66. The summed E-state index contributed by atoms with van der Waals surface area (Å²) in [5, 5.41) is 2.70. The molecule has 1 saturated heterocycles. The van der Waals surface area contributed by atoms with Gasteiger partial charge in [-0.2, -0.15) is 0 Å². The van der Waals surface area contributed by atoms with Gasteiger partial charge in [0.15, 0.2) is 0 Å². The number of hydrogen-bond acceptors (Lipinski definition) is 2. The lowest BCUT2D eigenvalue weighted by Gasteiger charge is -2.37. The summed E-state index contributed by atoms with van der Waals surface area (Å²) in [4.78, 5) is 25.9. The number of nitrogens with zero attached hydrogens (tertiary/aromatic N) is 1. The van der Waals surface area contributed by atoms with E-state index in [1.165, 1.54) is 0 Å². The number of piperazine rings is 1. The van der Waals surface area contributed by atoms with Gasteiger partial charge >= 0.3 is 0 Å². The molecule has 102 valence electrons. The van der Waals surface area contributed by atoms with Gasteiger partial charge in [0.25, 0.3) is 0 Å². The summed E-state index contributed by atoms with van der Waals surface area (Å²) in [6.07, 6.45) is 0. The van der Waals surface area contributed by atoms with Gasteiger partial charge in [0.05, 0.1) is 0 Å². The highest BCUT2D eigenvalue weighted by Crippen LogP contribution is 2.30. The molecule has 2 amide bonds. The van der Waals surface area contributed by atoms with Crippen molar-refractivity contribution in [1.29, 1.82) is 0 Å². The van der Waals surface area contributed by atoms with Gasteiger partial charge in [0, 0.05) is 5.69 Å². The molecule has 0 bridgehead atoms. The molecule has 0 saturated carbocycles. The van der Waals surface area contributed by atoms with E-state index in [4.69, 9.17) is 0 Å². The quantitative estimate of drug-likeness (QED) is 0.884. The van der Waals surface area contributed by atoms with E-state index in [-0.39, 0.29) is 11.8 Å². The van der Waals surface area contributed by atoms with Crippen molar-refractivity contribution >= 4 is 17.5 Å². The van der Waals surface area contributed by atoms with Crippen molar-refractivity contribution in [2.75, 3.05) is 4.90 Å². The average molecular weight is 260 g/mol. The standard InChI is InChI=1S/C15H20N2O2/c1-9(2)12-7-5-6-8-13(12)17-11(4)14(18)16-10(3)15(17)19/h5-11H,1-4H3,(H,16,18). The molecule has 1 aliphatic heterocycles. The molecule has 1 N–H and O–H groups in total. The highest BCUT2D eigenvalue weighted by Gasteiger charge is 2.37. The molecule has 1 aromatic carbocycles. The third-order valence-corrected chi connectivity index (χ3v) is 3.55. The summed E-state index contributed by atoms with van der Waals surface area (Å²) in [6, 6.07) is 6.85. The van der Waals surface area contributed by atoms with Crippen LogP contribution in [0.25, 0.3) is 0 Å². The number of rotatable bonds is 2. The second-order valence-electron chi connectivity index (χ2n) is 5.33. The molecule has 1 aromatic rings. The van der Waals surface area contributed by atoms with Crippen LogP contribution in [0.5, 0.6) is 0 Å². The third-order valence-electron chi connectivity index (χ3n) is 3.55. The van der Waals surface area contributed by atoms with Crippen molar-refractivity contribution in [2.45, 2.75) is 45.7 Å².